The zero-order valence-electron chi connectivity index (χ0n) is 59.6. The van der Waals surface area contributed by atoms with Gasteiger partial charge in [-0.1, -0.05) is 6.92 Å². The number of fused-ring (bicyclic) bond motifs is 6. The van der Waals surface area contributed by atoms with E-state index in [4.69, 9.17) is 23.7 Å². The Hall–Kier alpha value is -8.45. The molecule has 570 valence electrons. The van der Waals surface area contributed by atoms with Crippen LogP contribution in [0.1, 0.15) is 150 Å². The van der Waals surface area contributed by atoms with Crippen LogP contribution in [0, 0.1) is 0 Å². The smallest absolute Gasteiger partial charge is 0.456 e. The number of ether oxygens (including phenoxy) is 5. The van der Waals surface area contributed by atoms with Crippen molar-refractivity contribution in [3.8, 4) is 28.7 Å². The minimum Gasteiger partial charge on any atom is -0.496 e. The molecule has 3 spiro atoms. The topological polar surface area (TPSA) is 149 Å². The Morgan fingerprint density at radius 2 is 0.933 bits per heavy atom. The molecule has 3 fully saturated rings. The van der Waals surface area contributed by atoms with Crippen molar-refractivity contribution >= 4 is 23.5 Å². The van der Waals surface area contributed by atoms with Gasteiger partial charge >= 0.3 is 24.7 Å². The van der Waals surface area contributed by atoms with E-state index in [-0.39, 0.29) is 95.0 Å². The van der Waals surface area contributed by atoms with E-state index in [1.165, 1.54) is 60.9 Å². The number of benzene rings is 3. The molecule has 3 aromatic carbocycles. The Kier molecular flexibility index (Phi) is 22.4. The summed E-state index contributed by atoms with van der Waals surface area (Å²) in [6, 6.07) is 20.8. The first-order chi connectivity index (χ1) is 48.8. The molecule has 4 atom stereocenters. The largest absolute Gasteiger partial charge is 0.496 e. The lowest BCUT2D eigenvalue weighted by atomic mass is 9.79. The molecule has 0 radical (unpaired) electrons. The maximum absolute atomic E-state index is 15.9. The zero-order chi connectivity index (χ0) is 76.1. The van der Waals surface area contributed by atoms with Crippen LogP contribution in [0.5, 0.6) is 28.7 Å². The highest BCUT2D eigenvalue weighted by Crippen LogP contribution is 2.49. The first kappa shape index (κ1) is 78.1. The number of piperidine rings is 3. The van der Waals surface area contributed by atoms with Crippen molar-refractivity contribution in [1.82, 2.24) is 43.1 Å². The SMILES string of the molecule is CC[C@@H](C)Oc1ccc(C(=O)N2CCC3(CC2)c2ccc(C(F)(F)F)n2CCN3C)cc1OC.COc1cc(C(=O)N2CC[C@@]3(c4ccc(C(F)(F)F)n4CCN3C)[C@H](F)C2)ccc1OC(C)C.COc1ccc(C(=O)N2CCC3(CC2)c2ccc(C(=O)C(F)(F)F)n2C[C@H](C)N3C)cc1C(F)(F)F.[HH]. The molecule has 12 rings (SSSR count). The highest BCUT2D eigenvalue weighted by Gasteiger charge is 2.55. The summed E-state index contributed by atoms with van der Waals surface area (Å²) >= 11 is 0. The number of amides is 3. The summed E-state index contributed by atoms with van der Waals surface area (Å²) in [5.74, 6) is -1.36. The van der Waals surface area contributed by atoms with E-state index in [9.17, 15) is 71.9 Å². The van der Waals surface area contributed by atoms with Gasteiger partial charge in [-0.3, -0.25) is 33.9 Å². The maximum Gasteiger partial charge on any atom is 0.456 e. The van der Waals surface area contributed by atoms with Gasteiger partial charge in [-0.2, -0.15) is 52.7 Å². The van der Waals surface area contributed by atoms with Crippen LogP contribution in [0.2, 0.25) is 0 Å². The van der Waals surface area contributed by atoms with Gasteiger partial charge in [-0.15, -0.1) is 0 Å². The van der Waals surface area contributed by atoms with E-state index in [0.717, 1.165) is 31.7 Å². The monoisotopic (exact) mass is 1480 g/mol. The molecule has 0 N–H and O–H groups in total. The van der Waals surface area contributed by atoms with Crippen LogP contribution in [0.25, 0.3) is 0 Å². The number of rotatable bonds is 12. The molecule has 0 bridgehead atoms. The molecule has 0 aliphatic carbocycles. The van der Waals surface area contributed by atoms with Crippen molar-refractivity contribution in [2.24, 2.45) is 0 Å². The summed E-state index contributed by atoms with van der Waals surface area (Å²) in [4.78, 5) is 62.1. The number of carbonyl (C=O) groups is 4. The lowest BCUT2D eigenvalue weighted by molar-refractivity contribution is -0.146. The minimum absolute atomic E-state index is 0. The standard InChI is InChI=1S/C25H32F3N3O3.C24H25F6N3O3.C24H29F4N3O3.H2/c1-5-17(2)34-19-7-6-18(16-20(19)33-4)23(32)30-12-10-24(11-13-30)21-8-9-22(25(26,27)28)31(21)15-14-29(24)3;1-14-13-33-17(20(34)24(28,29)30)5-7-19(33)22(31(14)2)8-10-32(11-9-22)21(35)15-4-6-18(36-3)16(12-15)23(25,26)27;1-15(2)34-17-6-5-16(13-18(17)33-4)22(32)30-10-9-23(19(25)14-30)20-7-8-21(24(26,27)28)31(20)12-11-29(23)3;/h6-9,16-17H,5,10-15H2,1-4H3;4-7,12,14H,8-11,13H2,1-3H3;5-8,13,15,19H,9-12,14H2,1-4H3;1H/t17-;14-;19-,23+;/m101./s1. The molecule has 3 amide bonds. The van der Waals surface area contributed by atoms with Crippen LogP contribution in [0.3, 0.4) is 0 Å². The number of likely N-dealkylation sites (N-methyl/N-ethyl adjacent to an activating group) is 3. The highest BCUT2D eigenvalue weighted by atomic mass is 19.4. The first-order valence-corrected chi connectivity index (χ1v) is 34.3. The highest BCUT2D eigenvalue weighted by molar-refractivity contribution is 5.99. The molecule has 6 aromatic rings. The van der Waals surface area contributed by atoms with Crippen molar-refractivity contribution in [3.63, 3.8) is 0 Å². The fourth-order valence-corrected chi connectivity index (χ4v) is 15.6. The summed E-state index contributed by atoms with van der Waals surface area (Å²) < 4.78 is 208. The van der Waals surface area contributed by atoms with Crippen LogP contribution in [0.4, 0.5) is 57.1 Å². The van der Waals surface area contributed by atoms with Crippen LogP contribution in [-0.2, 0) is 54.8 Å². The van der Waals surface area contributed by atoms with Gasteiger partial charge in [0.2, 0.25) is 0 Å². The average molecular weight is 1480 g/mol. The molecule has 6 aliphatic heterocycles. The fraction of sp³-hybridized carbons (Fsp3) is 0.534. The van der Waals surface area contributed by atoms with Crippen molar-refractivity contribution in [1.29, 1.82) is 0 Å². The van der Waals surface area contributed by atoms with E-state index < -0.39 is 81.8 Å². The van der Waals surface area contributed by atoms with Gasteiger partial charge < -0.3 is 52.1 Å². The molecule has 104 heavy (non-hydrogen) atoms. The average Bonchev–Trinajstić information content (AvgIpc) is 1.68. The van der Waals surface area contributed by atoms with Crippen LogP contribution < -0.4 is 23.7 Å². The molecule has 18 nitrogen and oxygen atoms in total. The number of Topliss-reactive ketones (excluding diaryl/α,β-unsaturated/α-hetero) is 1. The number of halogens is 13. The van der Waals surface area contributed by atoms with Gasteiger partial charge in [-0.25, -0.2) is 4.39 Å². The Morgan fingerprint density at radius 3 is 1.41 bits per heavy atom. The van der Waals surface area contributed by atoms with Crippen molar-refractivity contribution in [2.45, 2.75) is 159 Å². The number of hydrogen-bond acceptors (Lipinski definition) is 12. The quantitative estimate of drug-likeness (QED) is 0.0848. The van der Waals surface area contributed by atoms with Crippen LogP contribution in [0.15, 0.2) is 91.0 Å². The van der Waals surface area contributed by atoms with Crippen molar-refractivity contribution < 1.29 is 101 Å². The third-order valence-electron chi connectivity index (χ3n) is 21.5. The molecular weight excluding hydrogens is 1390 g/mol. The Balaban J connectivity index is 0.000000182. The molecular formula is C73H88F13N9O9. The number of methoxy groups -OCH3 is 3. The van der Waals surface area contributed by atoms with Crippen LogP contribution >= 0.6 is 0 Å². The van der Waals surface area contributed by atoms with Gasteiger partial charge in [0, 0.05) is 107 Å². The van der Waals surface area contributed by atoms with E-state index in [1.54, 1.807) is 66.4 Å². The molecule has 31 heteroatoms. The van der Waals surface area contributed by atoms with E-state index in [1.807, 2.05) is 53.6 Å². The summed E-state index contributed by atoms with van der Waals surface area (Å²) in [7, 11) is 9.67. The number of likely N-dealkylation sites (tertiary alicyclic amines) is 3. The Bertz CT molecular complexity index is 4120. The Morgan fingerprint density at radius 1 is 0.490 bits per heavy atom. The predicted molar refractivity (Wildman–Crippen MR) is 359 cm³/mol. The van der Waals surface area contributed by atoms with Gasteiger partial charge in [0.1, 0.15) is 23.3 Å². The maximum atomic E-state index is 15.9. The first-order valence-electron chi connectivity index (χ1n) is 34.3. The number of hydrogen-bond donors (Lipinski definition) is 0. The second kappa shape index (κ2) is 29.8. The summed E-state index contributed by atoms with van der Waals surface area (Å²) in [6.07, 6.45) is -17.4. The third kappa shape index (κ3) is 14.9. The summed E-state index contributed by atoms with van der Waals surface area (Å²) in [6.45, 7) is 12.3. The predicted octanol–water partition coefficient (Wildman–Crippen LogP) is 14.1. The summed E-state index contributed by atoms with van der Waals surface area (Å²) in [5.41, 5.74) is -3.03. The van der Waals surface area contributed by atoms with Crippen molar-refractivity contribution in [2.75, 3.05) is 94.8 Å². The molecule has 0 unspecified atom stereocenters. The normalized spacial score (nSPS) is 20.9. The van der Waals surface area contributed by atoms with Crippen molar-refractivity contribution in [3.05, 3.63) is 147 Å². The minimum atomic E-state index is -5.00. The second-order valence-corrected chi connectivity index (χ2v) is 27.5. The molecule has 0 saturated carbocycles. The van der Waals surface area contributed by atoms with E-state index in [0.29, 0.717) is 103 Å². The fourth-order valence-electron chi connectivity index (χ4n) is 15.6. The third-order valence-corrected chi connectivity index (χ3v) is 21.5. The number of carbonyl (C=O) groups excluding carboxylic acids is 4. The molecule has 9 heterocycles. The van der Waals surface area contributed by atoms with Gasteiger partial charge in [-0.05, 0) is 178 Å². The number of ketones is 1. The molecule has 6 aliphatic rings. The van der Waals surface area contributed by atoms with Gasteiger partial charge in [0.05, 0.1) is 68.0 Å². The molecule has 3 saturated heterocycles. The lowest BCUT2D eigenvalue weighted by Crippen LogP contribution is -2.63. The Labute approximate surface area is 595 Å². The number of nitrogens with zero attached hydrogens (tertiary/aromatic N) is 9. The zero-order valence-corrected chi connectivity index (χ0v) is 59.6. The lowest BCUT2D eigenvalue weighted by Gasteiger charge is -2.53. The second-order valence-electron chi connectivity index (χ2n) is 27.5. The van der Waals surface area contributed by atoms with Gasteiger partial charge in [0.15, 0.2) is 23.0 Å². The molecule has 3 aromatic heterocycles. The van der Waals surface area contributed by atoms with Gasteiger partial charge in [0.25, 0.3) is 23.5 Å². The number of alkyl halides is 13. The van der Waals surface area contributed by atoms with E-state index >= 15 is 4.39 Å². The summed E-state index contributed by atoms with van der Waals surface area (Å²) in [5, 5.41) is 0. The van der Waals surface area contributed by atoms with Crippen LogP contribution in [-0.4, -0.2) is 192 Å². The van der Waals surface area contributed by atoms with E-state index in [2.05, 4.69) is 4.90 Å². The number of aromatic nitrogens is 3.